The molecule has 0 aliphatic carbocycles. The van der Waals surface area contributed by atoms with Gasteiger partial charge >= 0.3 is 12.4 Å². The van der Waals surface area contributed by atoms with Gasteiger partial charge in [0.05, 0.1) is 4.90 Å². The number of hydrogen-bond acceptors (Lipinski definition) is 4. The highest BCUT2D eigenvalue weighted by Gasteiger charge is 2.32. The van der Waals surface area contributed by atoms with Gasteiger partial charge in [0, 0.05) is 32.7 Å². The normalized spacial score (nSPS) is 15.4. The number of ether oxygens (including phenoxy) is 1. The van der Waals surface area contributed by atoms with E-state index in [0.717, 1.165) is 37.1 Å². The fourth-order valence-corrected chi connectivity index (χ4v) is 4.76. The molecule has 0 atom stereocenters. The molecule has 0 spiro atoms. The largest absolute Gasteiger partial charge is 0.573 e. The number of hydrogen-bond donors (Lipinski definition) is 1. The molecular formula is C21H24F3N3O4S. The summed E-state index contributed by atoms with van der Waals surface area (Å²) in [6, 6.07) is 13.7. The molecule has 174 valence electrons. The van der Waals surface area contributed by atoms with Gasteiger partial charge in [-0.1, -0.05) is 30.3 Å². The van der Waals surface area contributed by atoms with Gasteiger partial charge in [0.2, 0.25) is 10.0 Å². The Bertz CT molecular complexity index is 991. The molecule has 0 bridgehead atoms. The van der Waals surface area contributed by atoms with Crippen LogP contribution in [-0.2, 0) is 16.4 Å². The highest BCUT2D eigenvalue weighted by molar-refractivity contribution is 7.89. The molecule has 1 aliphatic rings. The second-order valence-electron chi connectivity index (χ2n) is 7.23. The van der Waals surface area contributed by atoms with Crippen LogP contribution in [-0.4, -0.2) is 62.7 Å². The summed E-state index contributed by atoms with van der Waals surface area (Å²) >= 11 is 0. The number of aryl methyl sites for hydroxylation is 1. The molecule has 32 heavy (non-hydrogen) atoms. The van der Waals surface area contributed by atoms with Crippen molar-refractivity contribution in [2.24, 2.45) is 0 Å². The van der Waals surface area contributed by atoms with Crippen LogP contribution in [0.1, 0.15) is 12.0 Å². The van der Waals surface area contributed by atoms with Crippen molar-refractivity contribution >= 4 is 16.1 Å². The number of carbonyl (C=O) groups excluding carboxylic acids is 1. The fraction of sp³-hybridized carbons (Fsp3) is 0.381. The molecule has 2 aromatic carbocycles. The maximum absolute atomic E-state index is 12.7. The van der Waals surface area contributed by atoms with Crippen molar-refractivity contribution in [1.29, 1.82) is 0 Å². The van der Waals surface area contributed by atoms with Crippen LogP contribution in [0.5, 0.6) is 5.75 Å². The number of nitrogens with one attached hydrogen (secondary N) is 1. The summed E-state index contributed by atoms with van der Waals surface area (Å²) in [5.74, 6) is -0.495. The van der Waals surface area contributed by atoms with Crippen molar-refractivity contribution < 1.29 is 31.1 Å². The second kappa shape index (κ2) is 10.2. The molecule has 1 heterocycles. The van der Waals surface area contributed by atoms with Gasteiger partial charge in [-0.05, 0) is 42.7 Å². The van der Waals surface area contributed by atoms with Crippen molar-refractivity contribution in [3.05, 3.63) is 60.2 Å². The van der Waals surface area contributed by atoms with E-state index < -0.39 is 22.1 Å². The first kappa shape index (κ1) is 23.9. The van der Waals surface area contributed by atoms with E-state index in [1.54, 1.807) is 4.90 Å². The smallest absolute Gasteiger partial charge is 0.406 e. The van der Waals surface area contributed by atoms with Crippen LogP contribution in [0.2, 0.25) is 0 Å². The average molecular weight is 472 g/mol. The number of rotatable bonds is 7. The maximum Gasteiger partial charge on any atom is 0.573 e. The van der Waals surface area contributed by atoms with E-state index in [0.29, 0.717) is 6.54 Å². The van der Waals surface area contributed by atoms with Crippen LogP contribution < -0.4 is 10.1 Å². The molecule has 2 aromatic rings. The van der Waals surface area contributed by atoms with Crippen LogP contribution in [0.4, 0.5) is 18.0 Å². The number of benzene rings is 2. The molecule has 2 amide bonds. The number of alkyl halides is 3. The Hall–Kier alpha value is -2.79. The van der Waals surface area contributed by atoms with Gasteiger partial charge in [0.25, 0.3) is 0 Å². The van der Waals surface area contributed by atoms with Gasteiger partial charge in [-0.2, -0.15) is 4.31 Å². The fourth-order valence-electron chi connectivity index (χ4n) is 3.34. The summed E-state index contributed by atoms with van der Waals surface area (Å²) < 4.78 is 67.2. The van der Waals surface area contributed by atoms with E-state index in [4.69, 9.17) is 0 Å². The van der Waals surface area contributed by atoms with Gasteiger partial charge in [-0.25, -0.2) is 13.2 Å². The van der Waals surface area contributed by atoms with Gasteiger partial charge < -0.3 is 15.0 Å². The summed E-state index contributed by atoms with van der Waals surface area (Å²) in [6.45, 7) is 1.15. The molecule has 11 heteroatoms. The Morgan fingerprint density at radius 3 is 2.19 bits per heavy atom. The minimum Gasteiger partial charge on any atom is -0.406 e. The van der Waals surface area contributed by atoms with Crippen LogP contribution in [0, 0.1) is 0 Å². The topological polar surface area (TPSA) is 79.0 Å². The maximum atomic E-state index is 12.7. The van der Waals surface area contributed by atoms with E-state index in [2.05, 4.69) is 10.1 Å². The van der Waals surface area contributed by atoms with E-state index in [9.17, 15) is 26.4 Å². The Kier molecular flexibility index (Phi) is 7.62. The van der Waals surface area contributed by atoms with Gasteiger partial charge in [-0.15, -0.1) is 13.2 Å². The Balaban J connectivity index is 1.46. The van der Waals surface area contributed by atoms with E-state index in [-0.39, 0.29) is 37.1 Å². The Morgan fingerprint density at radius 2 is 1.59 bits per heavy atom. The summed E-state index contributed by atoms with van der Waals surface area (Å²) in [4.78, 5) is 13.7. The van der Waals surface area contributed by atoms with E-state index >= 15 is 0 Å². The molecule has 3 rings (SSSR count). The molecule has 1 N–H and O–H groups in total. The van der Waals surface area contributed by atoms with Crippen molar-refractivity contribution in [3.63, 3.8) is 0 Å². The lowest BCUT2D eigenvalue weighted by Gasteiger charge is -2.34. The zero-order chi connectivity index (χ0) is 23.2. The third-order valence-corrected chi connectivity index (χ3v) is 6.90. The lowest BCUT2D eigenvalue weighted by molar-refractivity contribution is -0.274. The third kappa shape index (κ3) is 6.60. The SMILES string of the molecule is O=C(NCCCc1ccccc1)N1CCN(S(=O)(=O)c2ccc(OC(F)(F)F)cc2)CC1. The average Bonchev–Trinajstić information content (AvgIpc) is 2.76. The van der Waals surface area contributed by atoms with E-state index in [1.165, 1.54) is 9.87 Å². The minimum absolute atomic E-state index is 0.0978. The number of halogens is 3. The predicted octanol–water partition coefficient (Wildman–Crippen LogP) is 3.23. The quantitative estimate of drug-likeness (QED) is 0.629. The molecule has 0 radical (unpaired) electrons. The molecule has 0 aromatic heterocycles. The van der Waals surface area contributed by atoms with Crippen LogP contribution in [0.25, 0.3) is 0 Å². The number of piperazine rings is 1. The first-order valence-electron chi connectivity index (χ1n) is 10.1. The van der Waals surface area contributed by atoms with Crippen LogP contribution in [0.3, 0.4) is 0 Å². The molecular weight excluding hydrogens is 447 g/mol. The van der Waals surface area contributed by atoms with E-state index in [1.807, 2.05) is 30.3 Å². The zero-order valence-electron chi connectivity index (χ0n) is 17.2. The third-order valence-electron chi connectivity index (χ3n) is 4.98. The number of amides is 2. The Labute approximate surface area is 184 Å². The number of nitrogens with zero attached hydrogens (tertiary/aromatic N) is 2. The van der Waals surface area contributed by atoms with Crippen molar-refractivity contribution in [2.45, 2.75) is 24.1 Å². The molecule has 7 nitrogen and oxygen atoms in total. The minimum atomic E-state index is -4.85. The standard InChI is InChI=1S/C21H24F3N3O4S/c22-21(23,24)31-18-8-10-19(11-9-18)32(29,30)27-15-13-26(14-16-27)20(28)25-12-4-7-17-5-2-1-3-6-17/h1-3,5-6,8-11H,4,7,12-16H2,(H,25,28). The molecule has 0 unspecified atom stereocenters. The summed E-state index contributed by atoms with van der Waals surface area (Å²) in [6.07, 6.45) is -3.21. The van der Waals surface area contributed by atoms with Crippen molar-refractivity contribution in [2.75, 3.05) is 32.7 Å². The zero-order valence-corrected chi connectivity index (χ0v) is 18.0. The molecule has 1 aliphatic heterocycles. The first-order chi connectivity index (χ1) is 15.1. The lowest BCUT2D eigenvalue weighted by atomic mass is 10.1. The highest BCUT2D eigenvalue weighted by Crippen LogP contribution is 2.25. The predicted molar refractivity (Wildman–Crippen MR) is 112 cm³/mol. The summed E-state index contributed by atoms with van der Waals surface area (Å²) in [7, 11) is -3.89. The molecule has 1 fully saturated rings. The van der Waals surface area contributed by atoms with Gasteiger partial charge in [0.15, 0.2) is 0 Å². The molecule has 1 saturated heterocycles. The van der Waals surface area contributed by atoms with Crippen molar-refractivity contribution in [1.82, 2.24) is 14.5 Å². The van der Waals surface area contributed by atoms with Crippen LogP contribution in [0.15, 0.2) is 59.5 Å². The first-order valence-corrected chi connectivity index (χ1v) is 11.5. The van der Waals surface area contributed by atoms with Crippen molar-refractivity contribution in [3.8, 4) is 5.75 Å². The monoisotopic (exact) mass is 471 g/mol. The molecule has 0 saturated carbocycles. The van der Waals surface area contributed by atoms with Gasteiger partial charge in [-0.3, -0.25) is 0 Å². The lowest BCUT2D eigenvalue weighted by Crippen LogP contribution is -2.53. The Morgan fingerprint density at radius 1 is 0.969 bits per heavy atom. The summed E-state index contributed by atoms with van der Waals surface area (Å²) in [5, 5.41) is 2.85. The highest BCUT2D eigenvalue weighted by atomic mass is 32.2. The van der Waals surface area contributed by atoms with Crippen LogP contribution >= 0.6 is 0 Å². The van der Waals surface area contributed by atoms with Gasteiger partial charge in [0.1, 0.15) is 5.75 Å². The number of urea groups is 1. The number of sulfonamides is 1. The number of carbonyl (C=O) groups is 1. The second-order valence-corrected chi connectivity index (χ2v) is 9.17. The summed E-state index contributed by atoms with van der Waals surface area (Å²) in [5.41, 5.74) is 1.19.